The summed E-state index contributed by atoms with van der Waals surface area (Å²) < 4.78 is 26.2. The third-order valence-electron chi connectivity index (χ3n) is 1.97. The van der Waals surface area contributed by atoms with Gasteiger partial charge < -0.3 is 5.11 Å². The van der Waals surface area contributed by atoms with Gasteiger partial charge in [-0.3, -0.25) is 4.72 Å². The molecule has 0 bridgehead atoms. The molecule has 0 aliphatic carbocycles. The number of aliphatic hydroxyl groups is 1. The van der Waals surface area contributed by atoms with Gasteiger partial charge in [-0.2, -0.15) is 0 Å². The van der Waals surface area contributed by atoms with Gasteiger partial charge in [0, 0.05) is 10.2 Å². The zero-order chi connectivity index (χ0) is 12.3. The first-order chi connectivity index (χ1) is 7.36. The molecule has 0 aliphatic rings. The van der Waals surface area contributed by atoms with E-state index >= 15 is 0 Å². The van der Waals surface area contributed by atoms with Gasteiger partial charge in [0.25, 0.3) is 0 Å². The zero-order valence-electron chi connectivity index (χ0n) is 8.44. The average molecular weight is 329 g/mol. The Labute approximate surface area is 108 Å². The van der Waals surface area contributed by atoms with Gasteiger partial charge in [0.05, 0.1) is 11.6 Å². The van der Waals surface area contributed by atoms with Crippen molar-refractivity contribution in [3.63, 3.8) is 0 Å². The van der Waals surface area contributed by atoms with E-state index in [2.05, 4.69) is 20.7 Å². The molecule has 0 aliphatic heterocycles. The Hall–Kier alpha value is -0.300. The first-order valence-electron chi connectivity index (χ1n) is 4.44. The summed E-state index contributed by atoms with van der Waals surface area (Å²) in [5, 5.41) is 8.44. The van der Waals surface area contributed by atoms with E-state index in [1.165, 1.54) is 6.92 Å². The van der Waals surface area contributed by atoms with Crippen molar-refractivity contribution in [3.8, 4) is 0 Å². The van der Waals surface area contributed by atoms with Crippen LogP contribution in [0.2, 0.25) is 5.02 Å². The van der Waals surface area contributed by atoms with Crippen molar-refractivity contribution in [2.45, 2.75) is 12.2 Å². The lowest BCUT2D eigenvalue weighted by Gasteiger charge is -2.12. The Morgan fingerprint density at radius 2 is 2.19 bits per heavy atom. The fourth-order valence-corrected chi connectivity index (χ4v) is 2.27. The van der Waals surface area contributed by atoms with Gasteiger partial charge in [0.1, 0.15) is 5.25 Å². The molecular formula is C9H11BrClNO3S. The van der Waals surface area contributed by atoms with Crippen LogP contribution >= 0.6 is 27.5 Å². The highest BCUT2D eigenvalue weighted by molar-refractivity contribution is 9.10. The molecular weight excluding hydrogens is 318 g/mol. The summed E-state index contributed by atoms with van der Waals surface area (Å²) in [6.45, 7) is 0.997. The molecule has 1 aromatic carbocycles. The van der Waals surface area contributed by atoms with Crippen molar-refractivity contribution < 1.29 is 13.5 Å². The summed E-state index contributed by atoms with van der Waals surface area (Å²) in [7, 11) is -3.56. The van der Waals surface area contributed by atoms with Gasteiger partial charge >= 0.3 is 0 Å². The number of hydrogen-bond acceptors (Lipinski definition) is 3. The molecule has 90 valence electrons. The van der Waals surface area contributed by atoms with Crippen LogP contribution in [0.3, 0.4) is 0 Å². The molecule has 4 nitrogen and oxygen atoms in total. The summed E-state index contributed by atoms with van der Waals surface area (Å²) >= 11 is 8.97. The molecule has 7 heteroatoms. The molecule has 0 fully saturated rings. The highest BCUT2D eigenvalue weighted by Crippen LogP contribution is 2.26. The van der Waals surface area contributed by atoms with Crippen LogP contribution in [0, 0.1) is 0 Å². The first kappa shape index (κ1) is 13.8. The van der Waals surface area contributed by atoms with E-state index in [0.717, 1.165) is 0 Å². The molecule has 0 heterocycles. The number of benzene rings is 1. The lowest BCUT2D eigenvalue weighted by molar-refractivity contribution is 0.296. The van der Waals surface area contributed by atoms with Crippen molar-refractivity contribution >= 4 is 43.2 Å². The quantitative estimate of drug-likeness (QED) is 0.890. The normalized spacial score (nSPS) is 13.5. The van der Waals surface area contributed by atoms with Crippen molar-refractivity contribution in [1.29, 1.82) is 0 Å². The molecule has 0 amide bonds. The van der Waals surface area contributed by atoms with Gasteiger partial charge in [-0.15, -0.1) is 0 Å². The van der Waals surface area contributed by atoms with Crippen LogP contribution in [-0.4, -0.2) is 25.4 Å². The van der Waals surface area contributed by atoms with Gasteiger partial charge in [-0.25, -0.2) is 8.42 Å². The van der Waals surface area contributed by atoms with E-state index in [1.807, 2.05) is 0 Å². The summed E-state index contributed by atoms with van der Waals surface area (Å²) in [6, 6.07) is 4.69. The highest BCUT2D eigenvalue weighted by Gasteiger charge is 2.19. The molecule has 1 aromatic rings. The number of hydrogen-bond donors (Lipinski definition) is 2. The van der Waals surface area contributed by atoms with Gasteiger partial charge in [-0.1, -0.05) is 11.6 Å². The predicted octanol–water partition coefficient (Wildman–Crippen LogP) is 2.22. The largest absolute Gasteiger partial charge is 0.395 e. The van der Waals surface area contributed by atoms with E-state index in [4.69, 9.17) is 16.7 Å². The topological polar surface area (TPSA) is 66.4 Å². The minimum Gasteiger partial charge on any atom is -0.395 e. The number of nitrogens with one attached hydrogen (secondary N) is 1. The van der Waals surface area contributed by atoms with Crippen LogP contribution in [0.5, 0.6) is 0 Å². The average Bonchev–Trinajstić information content (AvgIpc) is 2.22. The molecule has 0 saturated heterocycles. The maximum atomic E-state index is 11.6. The van der Waals surface area contributed by atoms with Crippen LogP contribution < -0.4 is 4.72 Å². The Kier molecular flexibility index (Phi) is 4.61. The lowest BCUT2D eigenvalue weighted by Crippen LogP contribution is -2.28. The molecule has 2 N–H and O–H groups in total. The second kappa shape index (κ2) is 5.35. The maximum Gasteiger partial charge on any atom is 0.237 e. The van der Waals surface area contributed by atoms with Gasteiger partial charge in [0.2, 0.25) is 10.0 Å². The fourth-order valence-electron chi connectivity index (χ4n) is 0.923. The van der Waals surface area contributed by atoms with Crippen molar-refractivity contribution in [2.75, 3.05) is 11.3 Å². The third kappa shape index (κ3) is 3.35. The second-order valence-electron chi connectivity index (χ2n) is 3.27. The van der Waals surface area contributed by atoms with Gasteiger partial charge in [-0.05, 0) is 41.1 Å². The van der Waals surface area contributed by atoms with E-state index in [-0.39, 0.29) is 0 Å². The first-order valence-corrected chi connectivity index (χ1v) is 7.16. The molecule has 0 radical (unpaired) electrons. The highest BCUT2D eigenvalue weighted by atomic mass is 79.9. The Morgan fingerprint density at radius 1 is 1.56 bits per heavy atom. The monoisotopic (exact) mass is 327 g/mol. The molecule has 1 unspecified atom stereocenters. The van der Waals surface area contributed by atoms with E-state index in [9.17, 15) is 8.42 Å². The summed E-state index contributed by atoms with van der Waals surface area (Å²) in [5.41, 5.74) is 0.400. The number of aliphatic hydroxyl groups excluding tert-OH is 1. The van der Waals surface area contributed by atoms with Crippen molar-refractivity contribution in [2.24, 2.45) is 0 Å². The Balaban J connectivity index is 2.93. The third-order valence-corrected chi connectivity index (χ3v) is 4.91. The Morgan fingerprint density at radius 3 is 2.69 bits per heavy atom. The Bertz CT molecular complexity index is 478. The van der Waals surface area contributed by atoms with Crippen LogP contribution in [0.1, 0.15) is 6.92 Å². The van der Waals surface area contributed by atoms with Gasteiger partial charge in [0.15, 0.2) is 0 Å². The van der Waals surface area contributed by atoms with E-state index in [0.29, 0.717) is 15.2 Å². The minimum atomic E-state index is -3.56. The molecule has 1 atom stereocenters. The van der Waals surface area contributed by atoms with Crippen LogP contribution in [0.25, 0.3) is 0 Å². The van der Waals surface area contributed by atoms with Crippen LogP contribution in [0.4, 0.5) is 5.69 Å². The summed E-state index contributed by atoms with van der Waals surface area (Å²) in [4.78, 5) is 0. The van der Waals surface area contributed by atoms with Crippen LogP contribution in [0.15, 0.2) is 22.7 Å². The van der Waals surface area contributed by atoms with Crippen molar-refractivity contribution in [1.82, 2.24) is 0 Å². The maximum absolute atomic E-state index is 11.6. The number of halogens is 2. The molecule has 16 heavy (non-hydrogen) atoms. The SMILES string of the molecule is CC(CO)S(=O)(=O)Nc1ccc(Cl)c(Br)c1. The summed E-state index contributed by atoms with van der Waals surface area (Å²) in [5.74, 6) is 0. The summed E-state index contributed by atoms with van der Waals surface area (Å²) in [6.07, 6.45) is 0. The lowest BCUT2D eigenvalue weighted by atomic mass is 10.3. The van der Waals surface area contributed by atoms with E-state index in [1.54, 1.807) is 18.2 Å². The smallest absolute Gasteiger partial charge is 0.237 e. The second-order valence-corrected chi connectivity index (χ2v) is 6.63. The standard InChI is InChI=1S/C9H11BrClNO3S/c1-6(5-13)16(14,15)12-7-2-3-9(11)8(10)4-7/h2-4,6,12-13H,5H2,1H3. The molecule has 0 spiro atoms. The molecule has 0 aromatic heterocycles. The number of sulfonamides is 1. The predicted molar refractivity (Wildman–Crippen MR) is 68.2 cm³/mol. The number of anilines is 1. The van der Waals surface area contributed by atoms with E-state index < -0.39 is 21.9 Å². The molecule has 1 rings (SSSR count). The number of rotatable bonds is 4. The zero-order valence-corrected chi connectivity index (χ0v) is 11.6. The van der Waals surface area contributed by atoms with Crippen molar-refractivity contribution in [3.05, 3.63) is 27.7 Å². The fraction of sp³-hybridized carbons (Fsp3) is 0.333. The van der Waals surface area contributed by atoms with Crippen LogP contribution in [-0.2, 0) is 10.0 Å². The minimum absolute atomic E-state index is 0.400. The molecule has 0 saturated carbocycles.